The number of hydrogen-bond donors (Lipinski definition) is 0. The SMILES string of the molecule is Brc1cccc(-c2ccc(-c3ccc4c5ccc(-c6ccc7sc8ccccc8c7c6)cc5n(-c5ccccc5)c4c3)cc2)c1.Brc1cccc(-c2ccc(I)cc2)c1.CC1(C)OB(c2ccc3c4ccc(-c5ccc6sc7ccccc7c6c5)cc4n(-c4ccccc4)c3c2)OC1(C)C. The van der Waals surface area contributed by atoms with Crippen LogP contribution in [-0.2, 0) is 9.31 Å². The van der Waals surface area contributed by atoms with Crippen LogP contribution in [0.2, 0.25) is 0 Å². The second-order valence-corrected chi connectivity index (χ2v) is 31.9. The van der Waals surface area contributed by atoms with E-state index in [1.54, 1.807) is 0 Å². The Labute approximate surface area is 620 Å². The summed E-state index contributed by atoms with van der Waals surface area (Å²) < 4.78 is 26.4. The van der Waals surface area contributed by atoms with E-state index in [-0.39, 0.29) is 11.2 Å². The third-order valence-electron chi connectivity index (χ3n) is 19.9. The Bertz CT molecular complexity index is 6140. The van der Waals surface area contributed by atoms with Crippen molar-refractivity contribution in [1.82, 2.24) is 9.13 Å². The first-order valence-electron chi connectivity index (χ1n) is 33.6. The average molecular weight is 1570 g/mol. The smallest absolute Gasteiger partial charge is 0.399 e. The van der Waals surface area contributed by atoms with Gasteiger partial charge in [0.05, 0.1) is 33.3 Å². The summed E-state index contributed by atoms with van der Waals surface area (Å²) in [5, 5.41) is 10.3. The van der Waals surface area contributed by atoms with Crippen LogP contribution in [0.25, 0.3) is 151 Å². The van der Waals surface area contributed by atoms with Crippen molar-refractivity contribution in [2.24, 2.45) is 0 Å². The monoisotopic (exact) mass is 1560 g/mol. The first-order valence-corrected chi connectivity index (χ1v) is 37.9. The molecule has 0 N–H and O–H groups in total. The van der Waals surface area contributed by atoms with Gasteiger partial charge in [-0.3, -0.25) is 0 Å². The summed E-state index contributed by atoms with van der Waals surface area (Å²) in [4.78, 5) is 0. The number of hydrogen-bond acceptors (Lipinski definition) is 4. The molecule has 0 saturated carbocycles. The van der Waals surface area contributed by atoms with Gasteiger partial charge in [0.1, 0.15) is 0 Å². The van der Waals surface area contributed by atoms with Gasteiger partial charge in [-0.2, -0.15) is 0 Å². The van der Waals surface area contributed by atoms with E-state index < -0.39 is 7.12 Å². The van der Waals surface area contributed by atoms with Crippen LogP contribution in [-0.4, -0.2) is 27.5 Å². The molecule has 1 aliphatic heterocycles. The Hall–Kier alpha value is -9.21. The molecule has 0 amide bonds. The van der Waals surface area contributed by atoms with E-state index in [2.05, 4.69) is 401 Å². The van der Waals surface area contributed by atoms with Crippen molar-refractivity contribution < 1.29 is 9.31 Å². The molecule has 0 aliphatic carbocycles. The molecule has 4 nitrogen and oxygen atoms in total. The van der Waals surface area contributed by atoms with Crippen molar-refractivity contribution in [2.45, 2.75) is 38.9 Å². The van der Waals surface area contributed by atoms with Crippen LogP contribution in [0.5, 0.6) is 0 Å². The van der Waals surface area contributed by atoms with Gasteiger partial charge in [-0.25, -0.2) is 0 Å². The van der Waals surface area contributed by atoms with Crippen molar-refractivity contribution >= 4 is 174 Å². The summed E-state index contributed by atoms with van der Waals surface area (Å²) in [5.74, 6) is 0. The van der Waals surface area contributed by atoms with Gasteiger partial charge in [0.15, 0.2) is 0 Å². The molecule has 4 aromatic heterocycles. The average Bonchev–Trinajstić information content (AvgIpc) is 1.59. The van der Waals surface area contributed by atoms with Gasteiger partial charge in [-0.15, -0.1) is 22.7 Å². The largest absolute Gasteiger partial charge is 0.494 e. The topological polar surface area (TPSA) is 28.3 Å². The fourth-order valence-electron chi connectivity index (χ4n) is 14.1. The molecule has 19 rings (SSSR count). The molecule has 1 fully saturated rings. The number of benzene rings is 14. The minimum Gasteiger partial charge on any atom is -0.399 e. The lowest BCUT2D eigenvalue weighted by Gasteiger charge is -2.32. The Morgan fingerprint density at radius 2 is 0.620 bits per heavy atom. The highest BCUT2D eigenvalue weighted by Gasteiger charge is 2.51. The predicted molar refractivity (Wildman–Crippen MR) is 445 cm³/mol. The fraction of sp³-hybridized carbons (Fsp3) is 0.0667. The van der Waals surface area contributed by atoms with Gasteiger partial charge < -0.3 is 18.4 Å². The third-order valence-corrected chi connectivity index (χ3v) is 23.9. The normalized spacial score (nSPS) is 13.4. The van der Waals surface area contributed by atoms with Gasteiger partial charge in [0.2, 0.25) is 0 Å². The van der Waals surface area contributed by atoms with E-state index in [0.29, 0.717) is 0 Å². The molecule has 0 spiro atoms. The number of rotatable bonds is 8. The molecule has 18 aromatic rings. The van der Waals surface area contributed by atoms with E-state index in [0.717, 1.165) is 31.3 Å². The van der Waals surface area contributed by atoms with Crippen LogP contribution in [0, 0.1) is 3.57 Å². The maximum atomic E-state index is 6.42. The summed E-state index contributed by atoms with van der Waals surface area (Å²) in [6.45, 7) is 8.41. The van der Waals surface area contributed by atoms with Crippen LogP contribution >= 0.6 is 77.1 Å². The van der Waals surface area contributed by atoms with Crippen LogP contribution < -0.4 is 5.46 Å². The molecule has 482 valence electrons. The van der Waals surface area contributed by atoms with Gasteiger partial charge in [0, 0.05) is 85.8 Å². The summed E-state index contributed by atoms with van der Waals surface area (Å²) in [7, 11) is -0.408. The highest BCUT2D eigenvalue weighted by molar-refractivity contribution is 14.1. The minimum absolute atomic E-state index is 0.386. The zero-order valence-electron chi connectivity index (χ0n) is 55.3. The fourth-order valence-corrected chi connectivity index (χ4v) is 17.4. The van der Waals surface area contributed by atoms with E-state index in [1.807, 2.05) is 28.7 Å². The van der Waals surface area contributed by atoms with E-state index >= 15 is 0 Å². The number of halogens is 3. The molecule has 0 unspecified atom stereocenters. The lowest BCUT2D eigenvalue weighted by Crippen LogP contribution is -2.41. The van der Waals surface area contributed by atoms with Gasteiger partial charge in [-0.1, -0.05) is 226 Å². The van der Waals surface area contributed by atoms with Crippen molar-refractivity contribution in [3.05, 3.63) is 328 Å². The Balaban J connectivity index is 0.000000126. The molecule has 0 bridgehead atoms. The highest BCUT2D eigenvalue weighted by atomic mass is 127. The third kappa shape index (κ3) is 12.1. The minimum atomic E-state index is -0.408. The second-order valence-electron chi connectivity index (χ2n) is 26.6. The number of nitrogens with zero attached hydrogens (tertiary/aromatic N) is 2. The first-order chi connectivity index (χ1) is 48.7. The van der Waals surface area contributed by atoms with Crippen LogP contribution in [0.4, 0.5) is 0 Å². The maximum Gasteiger partial charge on any atom is 0.494 e. The van der Waals surface area contributed by atoms with Crippen molar-refractivity contribution in [3.8, 4) is 67.0 Å². The van der Waals surface area contributed by atoms with Crippen molar-refractivity contribution in [3.63, 3.8) is 0 Å². The summed E-state index contributed by atoms with van der Waals surface area (Å²) in [6.07, 6.45) is 0. The van der Waals surface area contributed by atoms with Crippen LogP contribution in [0.3, 0.4) is 0 Å². The number of thiophene rings is 2. The molecule has 1 saturated heterocycles. The molecule has 0 radical (unpaired) electrons. The highest BCUT2D eigenvalue weighted by Crippen LogP contribution is 2.44. The summed E-state index contributed by atoms with van der Waals surface area (Å²) in [6, 6.07) is 114. The Morgan fingerprint density at radius 3 is 1.05 bits per heavy atom. The lowest BCUT2D eigenvalue weighted by atomic mass is 9.79. The molecular weight excluding hydrogens is 1500 g/mol. The van der Waals surface area contributed by atoms with Crippen LogP contribution in [0.15, 0.2) is 324 Å². The summed E-state index contributed by atoms with van der Waals surface area (Å²) >= 11 is 13.1. The zero-order chi connectivity index (χ0) is 67.8. The lowest BCUT2D eigenvalue weighted by molar-refractivity contribution is 0.00578. The predicted octanol–water partition coefficient (Wildman–Crippen LogP) is 26.8. The van der Waals surface area contributed by atoms with Gasteiger partial charge >= 0.3 is 7.12 Å². The Morgan fingerprint density at radius 1 is 0.290 bits per heavy atom. The van der Waals surface area contributed by atoms with Crippen molar-refractivity contribution in [2.75, 3.05) is 0 Å². The molecule has 5 heterocycles. The number of aromatic nitrogens is 2. The molecule has 100 heavy (non-hydrogen) atoms. The Kier molecular flexibility index (Phi) is 16.9. The quantitative estimate of drug-likeness (QED) is 0.112. The number of fused-ring (bicyclic) bond motifs is 12. The van der Waals surface area contributed by atoms with Gasteiger partial charge in [-0.05, 0) is 233 Å². The molecule has 10 heteroatoms. The maximum absolute atomic E-state index is 6.42. The molecule has 0 atom stereocenters. The molecule has 14 aromatic carbocycles. The van der Waals surface area contributed by atoms with Gasteiger partial charge in [0.25, 0.3) is 0 Å². The van der Waals surface area contributed by atoms with E-state index in [1.165, 1.54) is 138 Å². The van der Waals surface area contributed by atoms with E-state index in [4.69, 9.17) is 9.31 Å². The molecule has 1 aliphatic rings. The summed E-state index contributed by atoms with van der Waals surface area (Å²) in [5.41, 5.74) is 19.5. The number of para-hydroxylation sites is 2. The van der Waals surface area contributed by atoms with E-state index in [9.17, 15) is 0 Å². The standard InChI is InChI=1S/C42H26BrNS.C36H30BNO2S.C12H8BrI/c43-33-8-6-7-29(23-33)27-13-15-28(16-14-27)31-17-20-35-36-21-18-32(26-40(36)44(39(35)25-31)34-9-2-1-3-10-34)30-19-22-42-38(24-30)37-11-4-5-12-41(37)45-42;1-35(2)36(3,4)40-37(39-35)25-16-18-28-27-17-14-24(21-31(27)38(32(28)22-25)26-10-6-5-7-11-26)23-15-19-34-30(20-23)29-12-8-9-13-33(29)41-34;13-11-3-1-2-10(8-11)9-4-6-12(14)7-5-9/h1-26H;5-22H,1-4H3;1-8H. The van der Waals surface area contributed by atoms with Crippen molar-refractivity contribution in [1.29, 1.82) is 0 Å². The second kappa shape index (κ2) is 26.4. The van der Waals surface area contributed by atoms with Crippen LogP contribution in [0.1, 0.15) is 27.7 Å². The first kappa shape index (κ1) is 64.2. The zero-order valence-corrected chi connectivity index (χ0v) is 62.2. The molecular formula is C90H64BBr2IN2O2S2.